The molecule has 1 saturated carbocycles. The van der Waals surface area contributed by atoms with Crippen molar-refractivity contribution in [2.45, 2.75) is 35.7 Å². The van der Waals surface area contributed by atoms with Crippen molar-refractivity contribution in [3.8, 4) is 0 Å². The third kappa shape index (κ3) is 1.76. The van der Waals surface area contributed by atoms with Gasteiger partial charge in [0.15, 0.2) is 0 Å². The predicted octanol–water partition coefficient (Wildman–Crippen LogP) is 0.0895. The summed E-state index contributed by atoms with van der Waals surface area (Å²) in [5.74, 6) is 0. The van der Waals surface area contributed by atoms with Gasteiger partial charge in [0.1, 0.15) is 0 Å². The summed E-state index contributed by atoms with van der Waals surface area (Å²) < 4.78 is -0.113. The van der Waals surface area contributed by atoms with Crippen LogP contribution in [0.15, 0.2) is 0 Å². The normalized spacial score (nSPS) is 45.1. The Morgan fingerprint density at radius 2 is 2.11 bits per heavy atom. The van der Waals surface area contributed by atoms with E-state index in [4.69, 9.17) is 11.5 Å². The fourth-order valence-corrected chi connectivity index (χ4v) is 1.90. The summed E-state index contributed by atoms with van der Waals surface area (Å²) in [5.41, 5.74) is 11.7. The number of hydrogen-bond acceptors (Lipinski definition) is 2. The van der Waals surface area contributed by atoms with Crippen LogP contribution in [0.1, 0.15) is 25.7 Å². The van der Waals surface area contributed by atoms with Crippen molar-refractivity contribution in [2.75, 3.05) is 0 Å². The van der Waals surface area contributed by atoms with Crippen LogP contribution in [0.2, 0.25) is 0 Å². The van der Waals surface area contributed by atoms with E-state index in [0.29, 0.717) is 0 Å². The number of hydrogen-bond donors (Lipinski definition) is 2. The number of nitrogens with two attached hydrogens (primary N) is 2. The van der Waals surface area contributed by atoms with Crippen LogP contribution in [0, 0.1) is 0 Å². The monoisotopic (exact) mass is 308 g/mol. The van der Waals surface area contributed by atoms with Gasteiger partial charge in [0, 0.05) is 0 Å². The molecular weight excluding hydrogens is 295 g/mol. The van der Waals surface area contributed by atoms with Gasteiger partial charge >= 0.3 is 66.9 Å². The second kappa shape index (κ2) is 2.69. The SMILES string of the molecule is N[C@@H]1CCCC[C@]1(N)[Pt]. The van der Waals surface area contributed by atoms with E-state index >= 15 is 0 Å². The molecule has 0 unspecified atom stereocenters. The molecule has 0 heterocycles. The predicted molar refractivity (Wildman–Crippen MR) is 33.4 cm³/mol. The summed E-state index contributed by atoms with van der Waals surface area (Å²) in [6, 6.07) is 0.216. The van der Waals surface area contributed by atoms with Gasteiger partial charge in [-0.15, -0.1) is 0 Å². The van der Waals surface area contributed by atoms with Gasteiger partial charge in [-0.25, -0.2) is 0 Å². The summed E-state index contributed by atoms with van der Waals surface area (Å²) >= 11 is 2.25. The molecule has 0 amide bonds. The molecule has 0 bridgehead atoms. The van der Waals surface area contributed by atoms with Gasteiger partial charge in [0.25, 0.3) is 0 Å². The summed E-state index contributed by atoms with van der Waals surface area (Å²) in [5, 5.41) is 0. The van der Waals surface area contributed by atoms with Crippen LogP contribution in [-0.4, -0.2) is 9.97 Å². The molecule has 2 atom stereocenters. The molecule has 57 valence electrons. The molecule has 0 spiro atoms. The summed E-state index contributed by atoms with van der Waals surface area (Å²) in [6.07, 6.45) is 4.67. The van der Waals surface area contributed by atoms with Crippen molar-refractivity contribution in [1.29, 1.82) is 0 Å². The van der Waals surface area contributed by atoms with Crippen molar-refractivity contribution >= 4 is 0 Å². The van der Waals surface area contributed by atoms with Crippen LogP contribution in [0.25, 0.3) is 0 Å². The molecule has 0 saturated heterocycles. The second-order valence-corrected chi connectivity index (χ2v) is 4.84. The topological polar surface area (TPSA) is 52.0 Å². The summed E-state index contributed by atoms with van der Waals surface area (Å²) in [4.78, 5) is 0. The molecule has 0 aromatic rings. The average molecular weight is 308 g/mol. The third-order valence-corrected chi connectivity index (χ3v) is 3.31. The summed E-state index contributed by atoms with van der Waals surface area (Å²) in [7, 11) is 0. The zero-order chi connectivity index (χ0) is 6.91. The Hall–Kier alpha value is 0.608. The zero-order valence-electron chi connectivity index (χ0n) is 5.38. The van der Waals surface area contributed by atoms with Gasteiger partial charge in [-0.2, -0.15) is 0 Å². The maximum atomic E-state index is 5.88. The maximum absolute atomic E-state index is 5.88. The fourth-order valence-electron chi connectivity index (χ4n) is 1.17. The van der Waals surface area contributed by atoms with E-state index in [2.05, 4.69) is 19.8 Å². The van der Waals surface area contributed by atoms with Crippen molar-refractivity contribution in [3.05, 3.63) is 0 Å². The van der Waals surface area contributed by atoms with Crippen LogP contribution < -0.4 is 11.5 Å². The molecule has 3 heteroatoms. The van der Waals surface area contributed by atoms with Crippen molar-refractivity contribution < 1.29 is 19.8 Å². The van der Waals surface area contributed by atoms with Crippen LogP contribution in [-0.2, 0) is 19.8 Å². The summed E-state index contributed by atoms with van der Waals surface area (Å²) in [6.45, 7) is 0. The Bertz CT molecular complexity index is 103. The molecule has 0 radical (unpaired) electrons. The minimum atomic E-state index is -0.113. The second-order valence-electron chi connectivity index (χ2n) is 2.72. The minimum absolute atomic E-state index is 0.113. The van der Waals surface area contributed by atoms with Gasteiger partial charge in [0.2, 0.25) is 0 Å². The average Bonchev–Trinajstić information content (AvgIpc) is 1.77. The Morgan fingerprint density at radius 1 is 1.44 bits per heavy atom. The first-order valence-electron chi connectivity index (χ1n) is 3.33. The van der Waals surface area contributed by atoms with E-state index < -0.39 is 0 Å². The van der Waals surface area contributed by atoms with Crippen LogP contribution in [0.4, 0.5) is 0 Å². The van der Waals surface area contributed by atoms with Crippen LogP contribution in [0.5, 0.6) is 0 Å². The van der Waals surface area contributed by atoms with Crippen molar-refractivity contribution in [2.24, 2.45) is 11.5 Å². The van der Waals surface area contributed by atoms with Crippen LogP contribution in [0.3, 0.4) is 0 Å². The molecule has 1 rings (SSSR count). The molecule has 1 aliphatic rings. The molecule has 1 fully saturated rings. The molecule has 0 aromatic carbocycles. The molecule has 0 aromatic heterocycles. The first-order valence-corrected chi connectivity index (χ1v) is 4.47. The van der Waals surface area contributed by atoms with Gasteiger partial charge in [-0.05, 0) is 0 Å². The van der Waals surface area contributed by atoms with Gasteiger partial charge in [0.05, 0.1) is 0 Å². The van der Waals surface area contributed by atoms with E-state index in [1.54, 1.807) is 0 Å². The Labute approximate surface area is 67.3 Å². The zero-order valence-corrected chi connectivity index (χ0v) is 7.65. The molecular formula is C6H13N2Pt. The van der Waals surface area contributed by atoms with E-state index in [9.17, 15) is 0 Å². The Balaban J connectivity index is 2.49. The first-order chi connectivity index (χ1) is 4.13. The molecule has 0 aliphatic heterocycles. The third-order valence-electron chi connectivity index (χ3n) is 1.90. The molecule has 4 N–H and O–H groups in total. The van der Waals surface area contributed by atoms with Gasteiger partial charge < -0.3 is 0 Å². The van der Waals surface area contributed by atoms with E-state index in [-0.39, 0.29) is 9.97 Å². The molecule has 1 aliphatic carbocycles. The van der Waals surface area contributed by atoms with Crippen molar-refractivity contribution in [1.82, 2.24) is 0 Å². The fraction of sp³-hybridized carbons (Fsp3) is 1.00. The quantitative estimate of drug-likeness (QED) is 0.666. The first kappa shape index (κ1) is 7.71. The van der Waals surface area contributed by atoms with E-state index in [0.717, 1.165) is 12.8 Å². The number of rotatable bonds is 0. The Morgan fingerprint density at radius 3 is 2.44 bits per heavy atom. The molecule has 9 heavy (non-hydrogen) atoms. The van der Waals surface area contributed by atoms with E-state index in [1.807, 2.05) is 0 Å². The van der Waals surface area contributed by atoms with Crippen molar-refractivity contribution in [3.63, 3.8) is 0 Å². The Kier molecular flexibility index (Phi) is 2.31. The van der Waals surface area contributed by atoms with E-state index in [1.165, 1.54) is 12.8 Å². The standard InChI is InChI=1S/C6H13N2.Pt/c7-5-3-1-2-4-6(5)8;/h5H,1-4,7-8H2;/t5-;/m1./s1. The molecule has 2 nitrogen and oxygen atoms in total. The van der Waals surface area contributed by atoms with Gasteiger partial charge in [-0.1, -0.05) is 0 Å². The van der Waals surface area contributed by atoms with Gasteiger partial charge in [-0.3, -0.25) is 0 Å². The van der Waals surface area contributed by atoms with Crippen LogP contribution >= 0.6 is 0 Å².